The van der Waals surface area contributed by atoms with Crippen molar-refractivity contribution < 1.29 is 4.79 Å². The molecule has 0 unspecified atom stereocenters. The Morgan fingerprint density at radius 1 is 0.688 bits per heavy atom. The lowest BCUT2D eigenvalue weighted by Crippen LogP contribution is -1.80. The van der Waals surface area contributed by atoms with Crippen LogP contribution in [0.5, 0.6) is 0 Å². The molecule has 0 heterocycles. The Hall–Kier alpha value is -0.590. The van der Waals surface area contributed by atoms with Gasteiger partial charge in [-0.3, -0.25) is 0 Å². The molecule has 0 saturated carbocycles. The molecule has 0 atom stereocenters. The predicted molar refractivity (Wildman–Crippen MR) is 71.7 cm³/mol. The summed E-state index contributed by atoms with van der Waals surface area (Å²) in [5.74, 6) is 0. The number of carbonyl (C=O) groups is 1. The summed E-state index contributed by atoms with van der Waals surface area (Å²) in [5.41, 5.74) is 0. The normalized spacial score (nSPS) is 11.1. The number of hydrogen-bond acceptors (Lipinski definition) is 1. The first-order chi connectivity index (χ1) is 7.91. The Labute approximate surface area is 101 Å². The quantitative estimate of drug-likeness (QED) is 0.257. The Morgan fingerprint density at radius 2 is 1.19 bits per heavy atom. The van der Waals surface area contributed by atoms with Gasteiger partial charge in [-0.2, -0.15) is 0 Å². The summed E-state index contributed by atoms with van der Waals surface area (Å²) >= 11 is 0. The van der Waals surface area contributed by atoms with Gasteiger partial charge in [-0.25, -0.2) is 0 Å². The smallest absolute Gasteiger partial charge is 0.119 e. The van der Waals surface area contributed by atoms with Crippen LogP contribution in [-0.2, 0) is 4.79 Å². The number of rotatable bonds is 12. The van der Waals surface area contributed by atoms with E-state index < -0.39 is 0 Å². The largest absolute Gasteiger partial charge is 0.303 e. The summed E-state index contributed by atoms with van der Waals surface area (Å²) in [6.07, 6.45) is 19.2. The van der Waals surface area contributed by atoms with Gasteiger partial charge in [-0.1, -0.05) is 57.6 Å². The van der Waals surface area contributed by atoms with Crippen molar-refractivity contribution in [3.63, 3.8) is 0 Å². The van der Waals surface area contributed by atoms with Crippen LogP contribution in [0.2, 0.25) is 0 Å². The van der Waals surface area contributed by atoms with Crippen molar-refractivity contribution in [1.29, 1.82) is 0 Å². The Bertz CT molecular complexity index is 161. The van der Waals surface area contributed by atoms with E-state index in [1.807, 2.05) is 0 Å². The average Bonchev–Trinajstić information content (AvgIpc) is 2.31. The molecule has 0 aromatic heterocycles. The van der Waals surface area contributed by atoms with E-state index in [2.05, 4.69) is 19.1 Å². The molecule has 0 aromatic rings. The van der Waals surface area contributed by atoms with Crippen LogP contribution < -0.4 is 0 Å². The molecular formula is C15H28O. The summed E-state index contributed by atoms with van der Waals surface area (Å²) in [6.45, 7) is 2.23. The molecule has 0 spiro atoms. The van der Waals surface area contributed by atoms with Gasteiger partial charge in [0.05, 0.1) is 0 Å². The van der Waals surface area contributed by atoms with E-state index >= 15 is 0 Å². The molecule has 0 N–H and O–H groups in total. The van der Waals surface area contributed by atoms with Gasteiger partial charge in [0, 0.05) is 6.42 Å². The van der Waals surface area contributed by atoms with Crippen molar-refractivity contribution in [2.45, 2.75) is 77.6 Å². The second kappa shape index (κ2) is 14.4. The monoisotopic (exact) mass is 224 g/mol. The molecular weight excluding hydrogens is 196 g/mol. The Kier molecular flexibility index (Phi) is 13.9. The number of aldehydes is 1. The van der Waals surface area contributed by atoms with E-state index in [1.165, 1.54) is 57.8 Å². The predicted octanol–water partition coefficient (Wildman–Crippen LogP) is 5.05. The van der Waals surface area contributed by atoms with Gasteiger partial charge in [0.2, 0.25) is 0 Å². The summed E-state index contributed by atoms with van der Waals surface area (Å²) < 4.78 is 0. The minimum Gasteiger partial charge on any atom is -0.303 e. The molecule has 0 aliphatic heterocycles. The zero-order chi connectivity index (χ0) is 11.9. The zero-order valence-corrected chi connectivity index (χ0v) is 10.9. The van der Waals surface area contributed by atoms with Crippen LogP contribution in [0.25, 0.3) is 0 Å². The molecule has 0 radical (unpaired) electrons. The van der Waals surface area contributed by atoms with Crippen LogP contribution in [-0.4, -0.2) is 6.29 Å². The summed E-state index contributed by atoms with van der Waals surface area (Å²) in [6, 6.07) is 0. The highest BCUT2D eigenvalue weighted by Crippen LogP contribution is 2.08. The maximum atomic E-state index is 10.1. The van der Waals surface area contributed by atoms with Crippen molar-refractivity contribution in [3.8, 4) is 0 Å². The Balaban J connectivity index is 2.98. The van der Waals surface area contributed by atoms with E-state index in [1.54, 1.807) is 0 Å². The van der Waals surface area contributed by atoms with Crippen molar-refractivity contribution in [1.82, 2.24) is 0 Å². The first-order valence-corrected chi connectivity index (χ1v) is 7.00. The van der Waals surface area contributed by atoms with E-state index in [0.29, 0.717) is 0 Å². The third-order valence-corrected chi connectivity index (χ3v) is 2.83. The Morgan fingerprint density at radius 3 is 1.75 bits per heavy atom. The third kappa shape index (κ3) is 13.4. The van der Waals surface area contributed by atoms with Gasteiger partial charge in [0.15, 0.2) is 0 Å². The van der Waals surface area contributed by atoms with Crippen LogP contribution in [0.4, 0.5) is 0 Å². The second-order valence-electron chi connectivity index (χ2n) is 4.48. The van der Waals surface area contributed by atoms with Crippen LogP contribution in [0.15, 0.2) is 12.2 Å². The highest BCUT2D eigenvalue weighted by atomic mass is 16.1. The SMILES string of the molecule is CCCC/C=C/CCCCCCCCC=O. The molecule has 16 heavy (non-hydrogen) atoms. The maximum absolute atomic E-state index is 10.1. The first kappa shape index (κ1) is 15.4. The lowest BCUT2D eigenvalue weighted by molar-refractivity contribution is -0.107. The summed E-state index contributed by atoms with van der Waals surface area (Å²) in [7, 11) is 0. The van der Waals surface area contributed by atoms with Gasteiger partial charge in [0.1, 0.15) is 6.29 Å². The van der Waals surface area contributed by atoms with Gasteiger partial charge in [-0.15, -0.1) is 0 Å². The molecule has 1 heteroatoms. The van der Waals surface area contributed by atoms with E-state index in [0.717, 1.165) is 19.1 Å². The fourth-order valence-corrected chi connectivity index (χ4v) is 1.75. The van der Waals surface area contributed by atoms with Crippen LogP contribution in [0.1, 0.15) is 77.6 Å². The fraction of sp³-hybridized carbons (Fsp3) is 0.800. The maximum Gasteiger partial charge on any atom is 0.119 e. The topological polar surface area (TPSA) is 17.1 Å². The summed E-state index contributed by atoms with van der Waals surface area (Å²) in [5, 5.41) is 0. The lowest BCUT2D eigenvalue weighted by Gasteiger charge is -1.98. The fourth-order valence-electron chi connectivity index (χ4n) is 1.75. The number of allylic oxidation sites excluding steroid dienone is 2. The highest BCUT2D eigenvalue weighted by molar-refractivity contribution is 5.48. The summed E-state index contributed by atoms with van der Waals surface area (Å²) in [4.78, 5) is 10.1. The second-order valence-corrected chi connectivity index (χ2v) is 4.48. The number of hydrogen-bond donors (Lipinski definition) is 0. The standard InChI is InChI=1S/C15H28O/c1-2-3-4-5-6-7-8-9-10-11-12-13-14-15-16/h5-6,15H,2-4,7-14H2,1H3/b6-5+. The molecule has 0 rings (SSSR count). The van der Waals surface area contributed by atoms with Crippen molar-refractivity contribution in [2.75, 3.05) is 0 Å². The minimum atomic E-state index is 0.750. The van der Waals surface area contributed by atoms with Gasteiger partial charge in [-0.05, 0) is 25.7 Å². The molecule has 0 aromatic carbocycles. The molecule has 1 nitrogen and oxygen atoms in total. The van der Waals surface area contributed by atoms with Crippen LogP contribution in [0, 0.1) is 0 Å². The van der Waals surface area contributed by atoms with E-state index in [4.69, 9.17) is 0 Å². The molecule has 0 aliphatic carbocycles. The van der Waals surface area contributed by atoms with E-state index in [-0.39, 0.29) is 0 Å². The molecule has 0 saturated heterocycles. The molecule has 0 fully saturated rings. The molecule has 0 amide bonds. The first-order valence-electron chi connectivity index (χ1n) is 7.00. The number of unbranched alkanes of at least 4 members (excludes halogenated alkanes) is 9. The highest BCUT2D eigenvalue weighted by Gasteiger charge is 1.90. The lowest BCUT2D eigenvalue weighted by atomic mass is 10.1. The van der Waals surface area contributed by atoms with Gasteiger partial charge >= 0.3 is 0 Å². The van der Waals surface area contributed by atoms with Gasteiger partial charge in [0.25, 0.3) is 0 Å². The van der Waals surface area contributed by atoms with Crippen molar-refractivity contribution in [2.24, 2.45) is 0 Å². The van der Waals surface area contributed by atoms with Crippen molar-refractivity contribution >= 4 is 6.29 Å². The minimum absolute atomic E-state index is 0.750. The zero-order valence-electron chi connectivity index (χ0n) is 10.9. The number of carbonyl (C=O) groups excluding carboxylic acids is 1. The van der Waals surface area contributed by atoms with E-state index in [9.17, 15) is 4.79 Å². The van der Waals surface area contributed by atoms with Crippen molar-refractivity contribution in [3.05, 3.63) is 12.2 Å². The average molecular weight is 224 g/mol. The third-order valence-electron chi connectivity index (χ3n) is 2.83. The van der Waals surface area contributed by atoms with Crippen LogP contribution in [0.3, 0.4) is 0 Å². The molecule has 94 valence electrons. The molecule has 0 bridgehead atoms. The molecule has 0 aliphatic rings. The van der Waals surface area contributed by atoms with Crippen LogP contribution >= 0.6 is 0 Å². The van der Waals surface area contributed by atoms with Gasteiger partial charge < -0.3 is 4.79 Å².